The van der Waals surface area contributed by atoms with Crippen molar-refractivity contribution in [3.8, 4) is 0 Å². The van der Waals surface area contributed by atoms with Crippen molar-refractivity contribution in [1.82, 2.24) is 10.2 Å². The van der Waals surface area contributed by atoms with Crippen molar-refractivity contribution in [2.24, 2.45) is 0 Å². The van der Waals surface area contributed by atoms with E-state index in [1.807, 2.05) is 17.5 Å². The number of urea groups is 1. The Kier molecular flexibility index (Phi) is 4.84. The minimum Gasteiger partial charge on any atom is -0.353 e. The van der Waals surface area contributed by atoms with E-state index in [1.54, 1.807) is 0 Å². The maximum absolute atomic E-state index is 14.1. The molecule has 4 rings (SSSR count). The van der Waals surface area contributed by atoms with Crippen molar-refractivity contribution in [2.45, 2.75) is 31.3 Å². The second kappa shape index (κ2) is 7.31. The Balaban J connectivity index is 1.46. The van der Waals surface area contributed by atoms with Crippen LogP contribution in [0.1, 0.15) is 17.7 Å². The molecule has 0 spiro atoms. The van der Waals surface area contributed by atoms with Crippen LogP contribution in [0.4, 0.5) is 19.3 Å². The number of hydrogen-bond donors (Lipinski definition) is 1. The molecule has 2 unspecified atom stereocenters. The smallest absolute Gasteiger partial charge is 0.332 e. The van der Waals surface area contributed by atoms with E-state index < -0.39 is 29.6 Å². The van der Waals surface area contributed by atoms with Crippen molar-refractivity contribution in [3.05, 3.63) is 52.2 Å². The lowest BCUT2D eigenvalue weighted by Crippen LogP contribution is -2.50. The molecule has 2 aliphatic rings. The summed E-state index contributed by atoms with van der Waals surface area (Å²) in [4.78, 5) is 40.7. The number of nitrogens with one attached hydrogen (secondary N) is 1. The van der Waals surface area contributed by atoms with E-state index in [1.165, 1.54) is 16.2 Å². The van der Waals surface area contributed by atoms with Crippen molar-refractivity contribution < 1.29 is 23.2 Å². The van der Waals surface area contributed by atoms with E-state index >= 15 is 0 Å². The zero-order valence-corrected chi connectivity index (χ0v) is 15.5. The maximum Gasteiger partial charge on any atom is 0.332 e. The van der Waals surface area contributed by atoms with E-state index in [4.69, 9.17) is 0 Å². The zero-order chi connectivity index (χ0) is 19.8. The molecule has 2 aromatic rings. The number of hydrogen-bond acceptors (Lipinski definition) is 4. The van der Waals surface area contributed by atoms with Crippen LogP contribution in [-0.4, -0.2) is 41.4 Å². The van der Waals surface area contributed by atoms with Crippen LogP contribution in [-0.2, 0) is 16.0 Å². The summed E-state index contributed by atoms with van der Waals surface area (Å²) in [7, 11) is 0. The second-order valence-electron chi connectivity index (χ2n) is 6.81. The molecule has 2 saturated heterocycles. The van der Waals surface area contributed by atoms with Crippen molar-refractivity contribution in [1.29, 1.82) is 0 Å². The monoisotopic (exact) mass is 405 g/mol. The molecule has 0 radical (unpaired) electrons. The molecule has 2 fully saturated rings. The number of anilines is 1. The van der Waals surface area contributed by atoms with Crippen LogP contribution in [0.5, 0.6) is 0 Å². The molecule has 0 aliphatic carbocycles. The lowest BCUT2D eigenvalue weighted by atomic mass is 9.97. The quantitative estimate of drug-likeness (QED) is 0.796. The highest BCUT2D eigenvalue weighted by molar-refractivity contribution is 7.10. The third-order valence-corrected chi connectivity index (χ3v) is 5.85. The number of piperidine rings is 1. The van der Waals surface area contributed by atoms with Crippen LogP contribution >= 0.6 is 11.3 Å². The molecule has 3 heterocycles. The molecular formula is C19H17F2N3O3S. The molecule has 1 aromatic carbocycles. The first kappa shape index (κ1) is 18.5. The van der Waals surface area contributed by atoms with Crippen LogP contribution < -0.4 is 10.2 Å². The van der Waals surface area contributed by atoms with Gasteiger partial charge in [-0.3, -0.25) is 9.59 Å². The third-order valence-electron chi connectivity index (χ3n) is 4.98. The number of rotatable bonds is 4. The van der Waals surface area contributed by atoms with Gasteiger partial charge in [-0.1, -0.05) is 6.07 Å². The number of benzene rings is 1. The predicted octanol–water partition coefficient (Wildman–Crippen LogP) is 2.68. The Morgan fingerprint density at radius 1 is 1.25 bits per heavy atom. The summed E-state index contributed by atoms with van der Waals surface area (Å²) < 4.78 is 27.2. The number of nitrogens with zero attached hydrogens (tertiary/aromatic N) is 2. The number of fused-ring (bicyclic) bond motifs is 1. The first-order chi connectivity index (χ1) is 13.4. The van der Waals surface area contributed by atoms with E-state index in [0.29, 0.717) is 12.5 Å². The van der Waals surface area contributed by atoms with Crippen molar-refractivity contribution in [2.75, 3.05) is 11.4 Å². The van der Waals surface area contributed by atoms with Gasteiger partial charge >= 0.3 is 6.03 Å². The lowest BCUT2D eigenvalue weighted by molar-refractivity contribution is -0.124. The largest absolute Gasteiger partial charge is 0.353 e. The van der Waals surface area contributed by atoms with Gasteiger partial charge in [0.15, 0.2) is 0 Å². The fourth-order valence-corrected chi connectivity index (χ4v) is 4.37. The molecule has 4 amide bonds. The van der Waals surface area contributed by atoms with E-state index in [9.17, 15) is 23.2 Å². The van der Waals surface area contributed by atoms with Gasteiger partial charge in [-0.2, -0.15) is 0 Å². The van der Waals surface area contributed by atoms with E-state index in [2.05, 4.69) is 5.32 Å². The van der Waals surface area contributed by atoms with Gasteiger partial charge in [0, 0.05) is 23.5 Å². The molecule has 0 bridgehead atoms. The summed E-state index contributed by atoms with van der Waals surface area (Å²) in [5.41, 5.74) is -0.260. The normalized spacial score (nSPS) is 21.8. The molecular weight excluding hydrogens is 388 g/mol. The van der Waals surface area contributed by atoms with Gasteiger partial charge in [0.1, 0.15) is 17.7 Å². The SMILES string of the molecule is O=C(Cc1cccs1)NC1CCN2C(=O)N(c3ccc(F)cc3F)C(=O)C2C1. The van der Waals surface area contributed by atoms with Gasteiger partial charge in [0.2, 0.25) is 5.91 Å². The van der Waals surface area contributed by atoms with E-state index in [0.717, 1.165) is 21.9 Å². The molecule has 2 atom stereocenters. The highest BCUT2D eigenvalue weighted by Gasteiger charge is 2.49. The average Bonchev–Trinajstić information content (AvgIpc) is 3.23. The van der Waals surface area contributed by atoms with Gasteiger partial charge in [0.25, 0.3) is 5.91 Å². The van der Waals surface area contributed by atoms with Gasteiger partial charge in [-0.15, -0.1) is 11.3 Å². The molecule has 146 valence electrons. The molecule has 1 N–H and O–H groups in total. The van der Waals surface area contributed by atoms with Crippen molar-refractivity contribution >= 4 is 34.9 Å². The van der Waals surface area contributed by atoms with Crippen LogP contribution in [0.3, 0.4) is 0 Å². The molecule has 28 heavy (non-hydrogen) atoms. The summed E-state index contributed by atoms with van der Waals surface area (Å²) in [6.07, 6.45) is 1.04. The average molecular weight is 405 g/mol. The van der Waals surface area contributed by atoms with Gasteiger partial charge in [-0.05, 0) is 36.4 Å². The predicted molar refractivity (Wildman–Crippen MR) is 98.9 cm³/mol. The molecule has 6 nitrogen and oxygen atoms in total. The summed E-state index contributed by atoms with van der Waals surface area (Å²) in [5, 5.41) is 4.81. The molecule has 2 aliphatic heterocycles. The Bertz CT molecular complexity index is 935. The Labute approximate surface area is 163 Å². The fraction of sp³-hybridized carbons (Fsp3) is 0.316. The molecule has 9 heteroatoms. The van der Waals surface area contributed by atoms with Gasteiger partial charge in [-0.25, -0.2) is 18.5 Å². The van der Waals surface area contributed by atoms with Gasteiger partial charge in [0.05, 0.1) is 12.1 Å². The lowest BCUT2D eigenvalue weighted by Gasteiger charge is -2.32. The fourth-order valence-electron chi connectivity index (χ4n) is 3.67. The summed E-state index contributed by atoms with van der Waals surface area (Å²) >= 11 is 1.49. The zero-order valence-electron chi connectivity index (χ0n) is 14.7. The Hall–Kier alpha value is -2.81. The number of thiophene rings is 1. The van der Waals surface area contributed by atoms with Crippen LogP contribution in [0.2, 0.25) is 0 Å². The molecule has 1 aromatic heterocycles. The number of halogens is 2. The van der Waals surface area contributed by atoms with Crippen molar-refractivity contribution in [3.63, 3.8) is 0 Å². The van der Waals surface area contributed by atoms with Crippen LogP contribution in [0, 0.1) is 11.6 Å². The minimum atomic E-state index is -0.970. The summed E-state index contributed by atoms with van der Waals surface area (Å²) in [5.74, 6) is -2.46. The topological polar surface area (TPSA) is 69.7 Å². The Morgan fingerprint density at radius 3 is 2.79 bits per heavy atom. The maximum atomic E-state index is 14.1. The van der Waals surface area contributed by atoms with Crippen LogP contribution in [0.25, 0.3) is 0 Å². The summed E-state index contributed by atoms with van der Waals surface area (Å²) in [6, 6.07) is 4.84. The first-order valence-electron chi connectivity index (χ1n) is 8.85. The third kappa shape index (κ3) is 3.37. The molecule has 0 saturated carbocycles. The number of carbonyl (C=O) groups is 3. The number of carbonyl (C=O) groups excluding carboxylic acids is 3. The van der Waals surface area contributed by atoms with Gasteiger partial charge < -0.3 is 10.2 Å². The standard InChI is InChI=1S/C19H17F2N3O3S/c20-11-3-4-15(14(21)8-11)24-18(26)16-9-12(5-6-23(16)19(24)27)22-17(25)10-13-2-1-7-28-13/h1-4,7-8,12,16H,5-6,9-10H2,(H,22,25). The highest BCUT2D eigenvalue weighted by atomic mass is 32.1. The second-order valence-corrected chi connectivity index (χ2v) is 7.84. The summed E-state index contributed by atoms with van der Waals surface area (Å²) in [6.45, 7) is 0.276. The number of amides is 4. The first-order valence-corrected chi connectivity index (χ1v) is 9.73. The Morgan fingerprint density at radius 2 is 2.07 bits per heavy atom. The minimum absolute atomic E-state index is 0.140. The highest BCUT2D eigenvalue weighted by Crippen LogP contribution is 2.32. The number of imide groups is 1. The van der Waals surface area contributed by atoms with E-state index in [-0.39, 0.29) is 37.0 Å². The van der Waals surface area contributed by atoms with Crippen LogP contribution in [0.15, 0.2) is 35.7 Å².